The van der Waals surface area contributed by atoms with E-state index >= 15 is 0 Å². The highest BCUT2D eigenvalue weighted by Gasteiger charge is 2.17. The summed E-state index contributed by atoms with van der Waals surface area (Å²) in [4.78, 5) is 0. The van der Waals surface area contributed by atoms with Crippen molar-refractivity contribution in [1.29, 1.82) is 0 Å². The molecular weight excluding hydrogens is 540 g/mol. The lowest BCUT2D eigenvalue weighted by atomic mass is 9.89. The maximum atomic E-state index is 2.55. The van der Waals surface area contributed by atoms with E-state index in [1.165, 1.54) is 230 Å². The summed E-state index contributed by atoms with van der Waals surface area (Å²) in [6, 6.07) is 0. The molecule has 2 aliphatic carbocycles. The van der Waals surface area contributed by atoms with Crippen molar-refractivity contribution in [3.8, 4) is 0 Å². The van der Waals surface area contributed by atoms with Gasteiger partial charge in [-0.3, -0.25) is 0 Å². The van der Waals surface area contributed by atoms with E-state index in [4.69, 9.17) is 0 Å². The molecule has 0 aromatic rings. The second-order valence-corrected chi connectivity index (χ2v) is 15.0. The van der Waals surface area contributed by atoms with Crippen LogP contribution in [0.4, 0.5) is 0 Å². The van der Waals surface area contributed by atoms with Gasteiger partial charge in [0.05, 0.1) is 0 Å². The van der Waals surface area contributed by atoms with Gasteiger partial charge in [0.2, 0.25) is 0 Å². The summed E-state index contributed by atoms with van der Waals surface area (Å²) in [6.07, 6.45) is 60.2. The summed E-state index contributed by atoms with van der Waals surface area (Å²) >= 11 is 0. The predicted molar refractivity (Wildman–Crippen MR) is 205 cm³/mol. The molecule has 0 bridgehead atoms. The average Bonchev–Trinajstić information content (AvgIpc) is 3.46. The molecule has 0 saturated carbocycles. The minimum Gasteiger partial charge on any atom is -0.0723 e. The summed E-state index contributed by atoms with van der Waals surface area (Å²) in [6.45, 7) is 4.62. The Balaban J connectivity index is 1.33. The number of rotatable bonds is 34. The van der Waals surface area contributed by atoms with Gasteiger partial charge in [-0.25, -0.2) is 0 Å². The van der Waals surface area contributed by atoms with Gasteiger partial charge in [0.1, 0.15) is 0 Å². The third kappa shape index (κ3) is 22.2. The fraction of sp³-hybridized carbons (Fsp3) is 0.822. The van der Waals surface area contributed by atoms with E-state index in [0.29, 0.717) is 0 Å². The molecule has 0 heteroatoms. The Morgan fingerprint density at radius 3 is 1.09 bits per heavy atom. The fourth-order valence-electron chi connectivity index (χ4n) is 7.60. The first-order chi connectivity index (χ1) is 22.3. The molecule has 0 aromatic heterocycles. The minimum atomic E-state index is 1.20. The lowest BCUT2D eigenvalue weighted by Crippen LogP contribution is -1.97. The Labute approximate surface area is 284 Å². The molecule has 2 rings (SSSR count). The Kier molecular flexibility index (Phi) is 27.0. The highest BCUT2D eigenvalue weighted by Crippen LogP contribution is 2.36. The highest BCUT2D eigenvalue weighted by atomic mass is 14.2. The van der Waals surface area contributed by atoms with Gasteiger partial charge in [-0.2, -0.15) is 0 Å². The molecule has 0 saturated heterocycles. The monoisotopic (exact) mass is 621 g/mol. The molecule has 45 heavy (non-hydrogen) atoms. The molecule has 0 fully saturated rings. The molecule has 260 valence electrons. The largest absolute Gasteiger partial charge is 0.0723 e. The van der Waals surface area contributed by atoms with Crippen LogP contribution in [0, 0.1) is 0 Å². The molecule has 0 unspecified atom stereocenters. The molecule has 0 atom stereocenters. The Bertz CT molecular complexity index is 789. The van der Waals surface area contributed by atoms with Gasteiger partial charge in [-0.05, 0) is 48.8 Å². The van der Waals surface area contributed by atoms with Crippen LogP contribution in [0.2, 0.25) is 0 Å². The van der Waals surface area contributed by atoms with Crippen LogP contribution in [0.1, 0.15) is 239 Å². The van der Waals surface area contributed by atoms with E-state index in [0.717, 1.165) is 0 Å². The van der Waals surface area contributed by atoms with Crippen LogP contribution in [-0.4, -0.2) is 0 Å². The van der Waals surface area contributed by atoms with Gasteiger partial charge in [-0.15, -0.1) is 0 Å². The van der Waals surface area contributed by atoms with Gasteiger partial charge < -0.3 is 0 Å². The van der Waals surface area contributed by atoms with Gasteiger partial charge in [0, 0.05) is 0 Å². The summed E-state index contributed by atoms with van der Waals surface area (Å²) in [5.74, 6) is 0. The van der Waals surface area contributed by atoms with E-state index in [-0.39, 0.29) is 0 Å². The Hall–Kier alpha value is -1.04. The van der Waals surface area contributed by atoms with Crippen molar-refractivity contribution < 1.29 is 0 Å². The van der Waals surface area contributed by atoms with Crippen molar-refractivity contribution in [2.45, 2.75) is 239 Å². The maximum Gasteiger partial charge on any atom is -0.0126 e. The van der Waals surface area contributed by atoms with E-state index in [2.05, 4.69) is 38.2 Å². The van der Waals surface area contributed by atoms with Crippen LogP contribution in [0.25, 0.3) is 0 Å². The molecule has 0 aromatic carbocycles. The quantitative estimate of drug-likeness (QED) is 0.0628. The van der Waals surface area contributed by atoms with Crippen molar-refractivity contribution in [3.05, 3.63) is 46.6 Å². The third-order valence-electron chi connectivity index (χ3n) is 10.7. The molecule has 0 amide bonds. The number of hydrogen-bond acceptors (Lipinski definition) is 0. The Morgan fingerprint density at radius 2 is 0.711 bits per heavy atom. The zero-order valence-corrected chi connectivity index (χ0v) is 31.1. The van der Waals surface area contributed by atoms with E-state index < -0.39 is 0 Å². The summed E-state index contributed by atoms with van der Waals surface area (Å²) in [5, 5.41) is 0. The maximum absolute atomic E-state index is 2.55. The smallest absolute Gasteiger partial charge is 0.0126 e. The zero-order valence-electron chi connectivity index (χ0n) is 31.1. The fourth-order valence-corrected chi connectivity index (χ4v) is 7.60. The van der Waals surface area contributed by atoms with Crippen molar-refractivity contribution in [1.82, 2.24) is 0 Å². The summed E-state index contributed by atoms with van der Waals surface area (Å²) in [7, 11) is 0. The molecule has 0 aliphatic heterocycles. The highest BCUT2D eigenvalue weighted by molar-refractivity contribution is 5.62. The van der Waals surface area contributed by atoms with Gasteiger partial charge in [-0.1, -0.05) is 236 Å². The van der Waals surface area contributed by atoms with Gasteiger partial charge in [0.25, 0.3) is 0 Å². The van der Waals surface area contributed by atoms with E-state index in [9.17, 15) is 0 Å². The summed E-state index contributed by atoms with van der Waals surface area (Å²) in [5.41, 5.74) is 6.38. The van der Waals surface area contributed by atoms with Crippen molar-refractivity contribution in [3.63, 3.8) is 0 Å². The molecule has 0 heterocycles. The normalized spacial score (nSPS) is 14.4. The molecule has 0 nitrogen and oxygen atoms in total. The standard InChI is InChI=1S/C45H80/c1-3-5-7-9-11-13-15-17-19-21-23-25-27-29-31-33-35-42-37-40-45-43(38-39-44(45)41-42)36-34-32-30-28-26-24-22-20-18-16-14-12-10-8-6-4-2/h38-41H,3-37H2,1-2H3. The van der Waals surface area contributed by atoms with Crippen LogP contribution >= 0.6 is 0 Å². The van der Waals surface area contributed by atoms with Crippen LogP contribution in [-0.2, 0) is 0 Å². The van der Waals surface area contributed by atoms with E-state index in [1.807, 2.05) is 0 Å². The second-order valence-electron chi connectivity index (χ2n) is 15.0. The number of allylic oxidation sites excluding steroid dienone is 8. The van der Waals surface area contributed by atoms with Crippen molar-refractivity contribution in [2.75, 3.05) is 0 Å². The Morgan fingerprint density at radius 1 is 0.378 bits per heavy atom. The predicted octanol–water partition coefficient (Wildman–Crippen LogP) is 16.4. The molecule has 0 spiro atoms. The molecular formula is C45H80. The molecule has 0 N–H and O–H groups in total. The average molecular weight is 621 g/mol. The first-order valence-corrected chi connectivity index (χ1v) is 21.2. The van der Waals surface area contributed by atoms with Crippen LogP contribution in [0.15, 0.2) is 46.6 Å². The van der Waals surface area contributed by atoms with Crippen molar-refractivity contribution in [2.24, 2.45) is 0 Å². The SMILES string of the molecule is CCCCCCCCCCCCCCCCCCC1=CC2=CC=C(CCCCCCCCCCCCCCCCCC)C2=CC1. The first-order valence-electron chi connectivity index (χ1n) is 21.2. The van der Waals surface area contributed by atoms with Crippen LogP contribution < -0.4 is 0 Å². The number of fused-ring (bicyclic) bond motifs is 1. The molecule has 2 aliphatic rings. The topological polar surface area (TPSA) is 0 Å². The number of hydrogen-bond donors (Lipinski definition) is 0. The summed E-state index contributed by atoms with van der Waals surface area (Å²) < 4.78 is 0. The van der Waals surface area contributed by atoms with E-state index in [1.54, 1.807) is 16.7 Å². The zero-order chi connectivity index (χ0) is 31.9. The van der Waals surface area contributed by atoms with Crippen molar-refractivity contribution >= 4 is 0 Å². The lowest BCUT2D eigenvalue weighted by Gasteiger charge is -2.16. The molecule has 0 radical (unpaired) electrons. The lowest BCUT2D eigenvalue weighted by molar-refractivity contribution is 0.529. The third-order valence-corrected chi connectivity index (χ3v) is 10.7. The second kappa shape index (κ2) is 30.3. The van der Waals surface area contributed by atoms with Crippen LogP contribution in [0.3, 0.4) is 0 Å². The van der Waals surface area contributed by atoms with Crippen LogP contribution in [0.5, 0.6) is 0 Å². The first kappa shape index (κ1) is 40.1. The van der Waals surface area contributed by atoms with Gasteiger partial charge >= 0.3 is 0 Å². The van der Waals surface area contributed by atoms with Gasteiger partial charge in [0.15, 0.2) is 0 Å². The minimum absolute atomic E-state index is 1.20. The number of unbranched alkanes of at least 4 members (excludes halogenated alkanes) is 30.